The van der Waals surface area contributed by atoms with Gasteiger partial charge in [0.1, 0.15) is 23.9 Å². The molecule has 2 aliphatic rings. The SMILES string of the molecule is CCOc1ccc(OCCN2CC(C(=O)N3CCOCC3)Oc3ccccc32)cc1. The first-order chi connectivity index (χ1) is 14.7. The van der Waals surface area contributed by atoms with Crippen LogP contribution in [-0.2, 0) is 9.53 Å². The second-order valence-corrected chi connectivity index (χ2v) is 7.21. The van der Waals surface area contributed by atoms with Crippen LogP contribution in [0.5, 0.6) is 17.2 Å². The number of fused-ring (bicyclic) bond motifs is 1. The highest BCUT2D eigenvalue weighted by Gasteiger charge is 2.33. The average molecular weight is 412 g/mol. The standard InChI is InChI=1S/C23H28N2O5/c1-2-28-18-7-9-19(10-8-18)29-16-13-25-17-22(23(26)24-11-14-27-15-12-24)30-21-6-4-3-5-20(21)25/h3-10,22H,2,11-17H2,1H3. The summed E-state index contributed by atoms with van der Waals surface area (Å²) in [4.78, 5) is 17.0. The minimum absolute atomic E-state index is 0.0187. The lowest BCUT2D eigenvalue weighted by Crippen LogP contribution is -2.53. The fraction of sp³-hybridized carbons (Fsp3) is 0.435. The summed E-state index contributed by atoms with van der Waals surface area (Å²) in [5.41, 5.74) is 0.985. The van der Waals surface area contributed by atoms with Gasteiger partial charge in [-0.05, 0) is 43.3 Å². The zero-order valence-corrected chi connectivity index (χ0v) is 17.3. The Balaban J connectivity index is 1.39. The fourth-order valence-corrected chi connectivity index (χ4v) is 3.71. The van der Waals surface area contributed by atoms with Crippen LogP contribution in [0.3, 0.4) is 0 Å². The van der Waals surface area contributed by atoms with Crippen molar-refractivity contribution in [3.05, 3.63) is 48.5 Å². The summed E-state index contributed by atoms with van der Waals surface area (Å²) in [6, 6.07) is 15.4. The first-order valence-corrected chi connectivity index (χ1v) is 10.5. The van der Waals surface area contributed by atoms with E-state index in [1.54, 1.807) is 0 Å². The summed E-state index contributed by atoms with van der Waals surface area (Å²) >= 11 is 0. The number of hydrogen-bond donors (Lipinski definition) is 0. The van der Waals surface area contributed by atoms with E-state index in [1.165, 1.54) is 0 Å². The third-order valence-electron chi connectivity index (χ3n) is 5.22. The van der Waals surface area contributed by atoms with Gasteiger partial charge in [0.2, 0.25) is 0 Å². The average Bonchev–Trinajstić information content (AvgIpc) is 2.80. The molecule has 0 N–H and O–H groups in total. The van der Waals surface area contributed by atoms with Gasteiger partial charge in [0.25, 0.3) is 5.91 Å². The van der Waals surface area contributed by atoms with Crippen LogP contribution in [-0.4, -0.2) is 69.5 Å². The molecule has 1 atom stereocenters. The maximum absolute atomic E-state index is 13.0. The first kappa shape index (κ1) is 20.3. The molecule has 1 saturated heterocycles. The Morgan fingerprint density at radius 3 is 2.47 bits per heavy atom. The molecule has 0 bridgehead atoms. The van der Waals surface area contributed by atoms with E-state index < -0.39 is 6.10 Å². The van der Waals surface area contributed by atoms with Crippen molar-refractivity contribution in [2.24, 2.45) is 0 Å². The van der Waals surface area contributed by atoms with Crippen LogP contribution in [0.15, 0.2) is 48.5 Å². The Morgan fingerprint density at radius 1 is 1.03 bits per heavy atom. The van der Waals surface area contributed by atoms with Gasteiger partial charge in [-0.3, -0.25) is 4.79 Å². The molecule has 30 heavy (non-hydrogen) atoms. The Labute approximate surface area is 177 Å². The zero-order valence-electron chi connectivity index (χ0n) is 17.3. The predicted molar refractivity (Wildman–Crippen MR) is 114 cm³/mol. The van der Waals surface area contributed by atoms with Crippen LogP contribution in [0, 0.1) is 0 Å². The third kappa shape index (κ3) is 4.79. The van der Waals surface area contributed by atoms with Crippen molar-refractivity contribution in [2.75, 3.05) is 57.5 Å². The molecule has 2 aliphatic heterocycles. The molecule has 0 aliphatic carbocycles. The number of ether oxygens (including phenoxy) is 4. The lowest BCUT2D eigenvalue weighted by Gasteiger charge is -2.38. The summed E-state index contributed by atoms with van der Waals surface area (Å²) in [5.74, 6) is 2.37. The van der Waals surface area contributed by atoms with Gasteiger partial charge in [0, 0.05) is 13.1 Å². The highest BCUT2D eigenvalue weighted by atomic mass is 16.5. The van der Waals surface area contributed by atoms with Crippen LogP contribution in [0.4, 0.5) is 5.69 Å². The Kier molecular flexibility index (Phi) is 6.59. The summed E-state index contributed by atoms with van der Waals surface area (Å²) in [5, 5.41) is 0. The van der Waals surface area contributed by atoms with E-state index in [9.17, 15) is 4.79 Å². The molecule has 0 spiro atoms. The van der Waals surface area contributed by atoms with E-state index in [0.29, 0.717) is 52.6 Å². The number of carbonyl (C=O) groups excluding carboxylic acids is 1. The number of amides is 1. The Hall–Kier alpha value is -2.93. The predicted octanol–water partition coefficient (Wildman–Crippen LogP) is 2.59. The van der Waals surface area contributed by atoms with Gasteiger partial charge in [0.15, 0.2) is 6.10 Å². The zero-order chi connectivity index (χ0) is 20.8. The first-order valence-electron chi connectivity index (χ1n) is 10.5. The molecular formula is C23H28N2O5. The second-order valence-electron chi connectivity index (χ2n) is 7.21. The van der Waals surface area contributed by atoms with E-state index in [2.05, 4.69) is 4.90 Å². The van der Waals surface area contributed by atoms with E-state index in [-0.39, 0.29) is 5.91 Å². The lowest BCUT2D eigenvalue weighted by atomic mass is 10.1. The molecule has 0 aromatic heterocycles. The quantitative estimate of drug-likeness (QED) is 0.697. The maximum Gasteiger partial charge on any atom is 0.265 e. The van der Waals surface area contributed by atoms with Crippen molar-refractivity contribution in [1.82, 2.24) is 4.90 Å². The number of morpholine rings is 1. The normalized spacial score (nSPS) is 18.4. The van der Waals surface area contributed by atoms with Crippen LogP contribution in [0.2, 0.25) is 0 Å². The van der Waals surface area contributed by atoms with Crippen molar-refractivity contribution in [1.29, 1.82) is 0 Å². The van der Waals surface area contributed by atoms with Gasteiger partial charge in [0.05, 0.1) is 38.6 Å². The molecule has 2 aromatic rings. The summed E-state index contributed by atoms with van der Waals surface area (Å²) in [6.45, 7) is 6.63. The highest BCUT2D eigenvalue weighted by molar-refractivity contribution is 5.83. The van der Waals surface area contributed by atoms with Gasteiger partial charge >= 0.3 is 0 Å². The highest BCUT2D eigenvalue weighted by Crippen LogP contribution is 2.33. The van der Waals surface area contributed by atoms with E-state index in [4.69, 9.17) is 18.9 Å². The number of anilines is 1. The van der Waals surface area contributed by atoms with Crippen LogP contribution in [0.25, 0.3) is 0 Å². The second kappa shape index (κ2) is 9.71. The molecule has 2 aromatic carbocycles. The lowest BCUT2D eigenvalue weighted by molar-refractivity contribution is -0.142. The molecular weight excluding hydrogens is 384 g/mol. The minimum Gasteiger partial charge on any atom is -0.494 e. The van der Waals surface area contributed by atoms with Gasteiger partial charge in [-0.25, -0.2) is 0 Å². The van der Waals surface area contributed by atoms with Crippen LogP contribution < -0.4 is 19.1 Å². The third-order valence-corrected chi connectivity index (χ3v) is 5.22. The molecule has 7 heteroatoms. The number of carbonyl (C=O) groups is 1. The van der Waals surface area contributed by atoms with Gasteiger partial charge in [-0.1, -0.05) is 12.1 Å². The molecule has 160 valence electrons. The molecule has 1 fully saturated rings. The summed E-state index contributed by atoms with van der Waals surface area (Å²) in [6.07, 6.45) is -0.525. The van der Waals surface area contributed by atoms with Crippen molar-refractivity contribution in [3.8, 4) is 17.2 Å². The van der Waals surface area contributed by atoms with E-state index in [1.807, 2.05) is 60.4 Å². The van der Waals surface area contributed by atoms with Crippen LogP contribution in [0.1, 0.15) is 6.92 Å². The minimum atomic E-state index is -0.525. The van der Waals surface area contributed by atoms with Gasteiger partial charge in [-0.2, -0.15) is 0 Å². The number of benzene rings is 2. The molecule has 4 rings (SSSR count). The maximum atomic E-state index is 13.0. The van der Waals surface area contributed by atoms with Crippen molar-refractivity contribution in [3.63, 3.8) is 0 Å². The van der Waals surface area contributed by atoms with Gasteiger partial charge < -0.3 is 28.7 Å². The van der Waals surface area contributed by atoms with Gasteiger partial charge in [-0.15, -0.1) is 0 Å². The topological polar surface area (TPSA) is 60.5 Å². The number of para-hydroxylation sites is 2. The number of rotatable bonds is 7. The van der Waals surface area contributed by atoms with Crippen molar-refractivity contribution in [2.45, 2.75) is 13.0 Å². The molecule has 1 amide bonds. The Morgan fingerprint density at radius 2 is 1.73 bits per heavy atom. The smallest absolute Gasteiger partial charge is 0.265 e. The number of hydrogen-bond acceptors (Lipinski definition) is 6. The summed E-state index contributed by atoms with van der Waals surface area (Å²) < 4.78 is 22.8. The largest absolute Gasteiger partial charge is 0.494 e. The van der Waals surface area contributed by atoms with Crippen LogP contribution >= 0.6 is 0 Å². The van der Waals surface area contributed by atoms with Crippen molar-refractivity contribution >= 4 is 11.6 Å². The Bertz CT molecular complexity index is 836. The molecule has 1 unspecified atom stereocenters. The molecule has 0 radical (unpaired) electrons. The molecule has 7 nitrogen and oxygen atoms in total. The fourth-order valence-electron chi connectivity index (χ4n) is 3.71. The number of nitrogens with zero attached hydrogens (tertiary/aromatic N) is 2. The van der Waals surface area contributed by atoms with E-state index >= 15 is 0 Å². The van der Waals surface area contributed by atoms with E-state index in [0.717, 1.165) is 22.9 Å². The summed E-state index contributed by atoms with van der Waals surface area (Å²) in [7, 11) is 0. The molecule has 2 heterocycles. The monoisotopic (exact) mass is 412 g/mol. The molecule has 0 saturated carbocycles. The van der Waals surface area contributed by atoms with Crippen molar-refractivity contribution < 1.29 is 23.7 Å².